The number of amides is 1. The van der Waals surface area contributed by atoms with Crippen molar-refractivity contribution in [2.24, 2.45) is 4.99 Å². The van der Waals surface area contributed by atoms with Gasteiger partial charge in [0.05, 0.1) is 26.6 Å². The highest BCUT2D eigenvalue weighted by Crippen LogP contribution is 2.23. The molecular weight excluding hydrogens is 350 g/mol. The maximum Gasteiger partial charge on any atom is 0.289 e. The number of non-ortho nitro benzene ring substituents is 1. The lowest BCUT2D eigenvalue weighted by Crippen LogP contribution is -2.19. The summed E-state index contributed by atoms with van der Waals surface area (Å²) in [5.41, 5.74) is 0.805. The number of rotatable bonds is 5. The predicted octanol–water partition coefficient (Wildman–Crippen LogP) is 3.06. The summed E-state index contributed by atoms with van der Waals surface area (Å²) in [6.45, 7) is 0.952. The van der Waals surface area contributed by atoms with Crippen molar-refractivity contribution in [3.05, 3.63) is 55.5 Å². The Labute approximate surface area is 144 Å². The number of nitro groups is 1. The van der Waals surface area contributed by atoms with Gasteiger partial charge in [0.1, 0.15) is 0 Å². The lowest BCUT2D eigenvalue weighted by Gasteiger charge is -2.03. The molecule has 9 heteroatoms. The second kappa shape index (κ2) is 7.04. The number of nitrogens with zero attached hydrogens (tertiary/aromatic N) is 3. The highest BCUT2D eigenvalue weighted by molar-refractivity contribution is 7.16. The quantitative estimate of drug-likeness (QED) is 0.515. The van der Waals surface area contributed by atoms with Gasteiger partial charge in [-0.15, -0.1) is 11.3 Å². The summed E-state index contributed by atoms with van der Waals surface area (Å²) < 4.78 is 7.66. The molecule has 0 aliphatic rings. The highest BCUT2D eigenvalue weighted by Gasteiger charge is 2.13. The van der Waals surface area contributed by atoms with Gasteiger partial charge in [-0.1, -0.05) is 17.4 Å². The van der Waals surface area contributed by atoms with Crippen LogP contribution in [-0.4, -0.2) is 29.1 Å². The van der Waals surface area contributed by atoms with Gasteiger partial charge in [-0.2, -0.15) is 4.99 Å². The molecule has 0 saturated heterocycles. The monoisotopic (exact) mass is 363 g/mol. The molecule has 3 aromatic rings. The third-order valence-corrected chi connectivity index (χ3v) is 5.22. The zero-order valence-corrected chi connectivity index (χ0v) is 14.3. The van der Waals surface area contributed by atoms with Crippen molar-refractivity contribution < 1.29 is 14.5 Å². The van der Waals surface area contributed by atoms with E-state index in [1.54, 1.807) is 25.3 Å². The Morgan fingerprint density at radius 1 is 1.42 bits per heavy atom. The second-order valence-electron chi connectivity index (χ2n) is 4.83. The molecule has 7 nitrogen and oxygen atoms in total. The fraction of sp³-hybridized carbons (Fsp3) is 0.200. The molecule has 0 N–H and O–H groups in total. The Hall–Kier alpha value is -2.36. The van der Waals surface area contributed by atoms with Crippen LogP contribution < -0.4 is 4.80 Å². The zero-order valence-electron chi connectivity index (χ0n) is 12.7. The second-order valence-corrected chi connectivity index (χ2v) is 6.79. The molecule has 0 aliphatic carbocycles. The number of nitro benzene ring substituents is 1. The first kappa shape index (κ1) is 16.5. The van der Waals surface area contributed by atoms with E-state index in [0.717, 1.165) is 5.52 Å². The molecule has 1 aromatic carbocycles. The van der Waals surface area contributed by atoms with Crippen molar-refractivity contribution in [1.82, 2.24) is 4.57 Å². The molecule has 0 spiro atoms. The molecule has 0 atom stereocenters. The first-order valence-corrected chi connectivity index (χ1v) is 8.69. The van der Waals surface area contributed by atoms with Crippen LogP contribution in [0.5, 0.6) is 0 Å². The summed E-state index contributed by atoms with van der Waals surface area (Å²) >= 11 is 2.58. The van der Waals surface area contributed by atoms with Gasteiger partial charge < -0.3 is 9.30 Å². The molecule has 0 bridgehead atoms. The van der Waals surface area contributed by atoms with E-state index < -0.39 is 4.92 Å². The number of ether oxygens (including phenoxy) is 1. The van der Waals surface area contributed by atoms with Crippen LogP contribution in [0.1, 0.15) is 9.67 Å². The third kappa shape index (κ3) is 3.28. The number of carbonyl (C=O) groups is 1. The van der Waals surface area contributed by atoms with Crippen molar-refractivity contribution in [2.75, 3.05) is 13.7 Å². The molecule has 3 rings (SSSR count). The van der Waals surface area contributed by atoms with E-state index in [9.17, 15) is 14.9 Å². The van der Waals surface area contributed by atoms with Crippen LogP contribution in [-0.2, 0) is 11.3 Å². The van der Waals surface area contributed by atoms with Crippen LogP contribution in [0, 0.1) is 10.1 Å². The Bertz CT molecular complexity index is 957. The van der Waals surface area contributed by atoms with E-state index in [0.29, 0.717) is 27.5 Å². The van der Waals surface area contributed by atoms with Crippen molar-refractivity contribution in [2.45, 2.75) is 6.54 Å². The summed E-state index contributed by atoms with van der Waals surface area (Å²) in [6, 6.07) is 8.13. The summed E-state index contributed by atoms with van der Waals surface area (Å²) in [6.07, 6.45) is 0. The first-order valence-electron chi connectivity index (χ1n) is 6.99. The van der Waals surface area contributed by atoms with Crippen LogP contribution in [0.15, 0.2) is 40.7 Å². The molecule has 0 saturated carbocycles. The Balaban J connectivity index is 2.14. The van der Waals surface area contributed by atoms with Crippen molar-refractivity contribution in [3.8, 4) is 0 Å². The molecule has 1 amide bonds. The SMILES string of the molecule is COCCn1c(=NC(=O)c2cccs2)sc2cc([N+](=O)[O-])ccc21. The fourth-order valence-corrected chi connectivity index (χ4v) is 3.90. The number of carbonyl (C=O) groups excluding carboxylic acids is 1. The molecular formula is C15H13N3O4S2. The molecule has 2 aromatic heterocycles. The van der Waals surface area contributed by atoms with E-state index in [1.807, 2.05) is 9.95 Å². The van der Waals surface area contributed by atoms with Gasteiger partial charge in [-0.05, 0) is 17.5 Å². The topological polar surface area (TPSA) is 86.7 Å². The minimum absolute atomic E-state index is 0.0128. The molecule has 0 fully saturated rings. The van der Waals surface area contributed by atoms with E-state index in [1.165, 1.54) is 34.8 Å². The molecule has 124 valence electrons. The number of hydrogen-bond donors (Lipinski definition) is 0. The van der Waals surface area contributed by atoms with Gasteiger partial charge in [0.2, 0.25) is 0 Å². The predicted molar refractivity (Wildman–Crippen MR) is 92.6 cm³/mol. The summed E-state index contributed by atoms with van der Waals surface area (Å²) in [7, 11) is 1.59. The van der Waals surface area contributed by atoms with E-state index in [2.05, 4.69) is 4.99 Å². The van der Waals surface area contributed by atoms with Crippen LogP contribution in [0.25, 0.3) is 10.2 Å². The maximum atomic E-state index is 12.3. The molecule has 0 radical (unpaired) electrons. The number of hydrogen-bond acceptors (Lipinski definition) is 6. The normalized spacial score (nSPS) is 12.0. The van der Waals surface area contributed by atoms with Gasteiger partial charge in [-0.3, -0.25) is 14.9 Å². The summed E-state index contributed by atoms with van der Waals surface area (Å²) in [5.74, 6) is -0.322. The van der Waals surface area contributed by atoms with E-state index in [-0.39, 0.29) is 11.6 Å². The first-order chi connectivity index (χ1) is 11.6. The lowest BCUT2D eigenvalue weighted by molar-refractivity contribution is -0.384. The minimum Gasteiger partial charge on any atom is -0.383 e. The van der Waals surface area contributed by atoms with E-state index >= 15 is 0 Å². The number of aromatic nitrogens is 1. The van der Waals surface area contributed by atoms with Crippen LogP contribution >= 0.6 is 22.7 Å². The number of fused-ring (bicyclic) bond motifs is 1. The average Bonchev–Trinajstić information content (AvgIpc) is 3.20. The Morgan fingerprint density at radius 2 is 2.25 bits per heavy atom. The van der Waals surface area contributed by atoms with Crippen LogP contribution in [0.3, 0.4) is 0 Å². The van der Waals surface area contributed by atoms with E-state index in [4.69, 9.17) is 4.74 Å². The fourth-order valence-electron chi connectivity index (χ4n) is 2.20. The van der Waals surface area contributed by atoms with Crippen molar-refractivity contribution in [3.63, 3.8) is 0 Å². The lowest BCUT2D eigenvalue weighted by atomic mass is 10.3. The third-order valence-electron chi connectivity index (χ3n) is 3.33. The highest BCUT2D eigenvalue weighted by atomic mass is 32.1. The van der Waals surface area contributed by atoms with Gasteiger partial charge in [0.25, 0.3) is 11.6 Å². The number of benzene rings is 1. The van der Waals surface area contributed by atoms with Gasteiger partial charge >= 0.3 is 0 Å². The number of methoxy groups -OCH3 is 1. The molecule has 0 aliphatic heterocycles. The van der Waals surface area contributed by atoms with Crippen molar-refractivity contribution in [1.29, 1.82) is 0 Å². The molecule has 24 heavy (non-hydrogen) atoms. The van der Waals surface area contributed by atoms with Gasteiger partial charge in [0, 0.05) is 25.8 Å². The van der Waals surface area contributed by atoms with Gasteiger partial charge in [-0.25, -0.2) is 0 Å². The summed E-state index contributed by atoms with van der Waals surface area (Å²) in [5, 5.41) is 12.8. The van der Waals surface area contributed by atoms with Gasteiger partial charge in [0.15, 0.2) is 4.80 Å². The maximum absolute atomic E-state index is 12.3. The van der Waals surface area contributed by atoms with Crippen LogP contribution in [0.4, 0.5) is 5.69 Å². The Morgan fingerprint density at radius 3 is 2.92 bits per heavy atom. The Kier molecular flexibility index (Phi) is 4.84. The largest absolute Gasteiger partial charge is 0.383 e. The molecule has 0 unspecified atom stereocenters. The standard InChI is InChI=1S/C15H13N3O4S2/c1-22-7-6-17-11-5-4-10(18(20)21)9-13(11)24-15(17)16-14(19)12-3-2-8-23-12/h2-5,8-9H,6-7H2,1H3. The minimum atomic E-state index is -0.438. The summed E-state index contributed by atoms with van der Waals surface area (Å²) in [4.78, 5) is 28.0. The number of thiazole rings is 1. The van der Waals surface area contributed by atoms with Crippen LogP contribution in [0.2, 0.25) is 0 Å². The molecule has 2 heterocycles. The zero-order chi connectivity index (χ0) is 17.1. The number of thiophene rings is 1. The van der Waals surface area contributed by atoms with Crippen molar-refractivity contribution >= 4 is 44.5 Å². The smallest absolute Gasteiger partial charge is 0.289 e. The average molecular weight is 363 g/mol.